The molecule has 2 rings (SSSR count). The van der Waals surface area contributed by atoms with E-state index in [1.54, 1.807) is 0 Å². The van der Waals surface area contributed by atoms with Gasteiger partial charge in [0.2, 0.25) is 0 Å². The fraction of sp³-hybridized carbons (Fsp3) is 0.529. The highest BCUT2D eigenvalue weighted by atomic mass is 16.6. The van der Waals surface area contributed by atoms with E-state index in [-0.39, 0.29) is 6.61 Å². The molecule has 0 spiro atoms. The minimum atomic E-state index is -0.511. The van der Waals surface area contributed by atoms with Gasteiger partial charge in [-0.1, -0.05) is 13.0 Å². The van der Waals surface area contributed by atoms with Crippen LogP contribution in [0.2, 0.25) is 0 Å². The number of amides is 1. The fourth-order valence-corrected chi connectivity index (χ4v) is 2.42. The summed E-state index contributed by atoms with van der Waals surface area (Å²) in [5.41, 5.74) is 2.25. The Hall–Kier alpha value is -2.08. The molecule has 0 aliphatic carbocycles. The Labute approximate surface area is 136 Å². The van der Waals surface area contributed by atoms with Crippen molar-refractivity contribution >= 4 is 17.1 Å². The van der Waals surface area contributed by atoms with Crippen molar-refractivity contribution in [3.63, 3.8) is 0 Å². The molecule has 1 aromatic heterocycles. The van der Waals surface area contributed by atoms with Gasteiger partial charge < -0.3 is 19.7 Å². The number of benzene rings is 1. The highest BCUT2D eigenvalue weighted by Gasteiger charge is 2.16. The lowest BCUT2D eigenvalue weighted by Gasteiger charge is -2.19. The van der Waals surface area contributed by atoms with E-state index in [0.29, 0.717) is 12.4 Å². The first-order valence-corrected chi connectivity index (χ1v) is 7.90. The number of hydrogen-bond donors (Lipinski definition) is 2. The van der Waals surface area contributed by atoms with Crippen LogP contribution >= 0.6 is 0 Å². The van der Waals surface area contributed by atoms with Gasteiger partial charge in [0.25, 0.3) is 0 Å². The number of aliphatic hydroxyl groups excluding tert-OH is 1. The van der Waals surface area contributed by atoms with Crippen molar-refractivity contribution in [3.8, 4) is 0 Å². The van der Waals surface area contributed by atoms with E-state index in [9.17, 15) is 9.90 Å². The zero-order valence-electron chi connectivity index (χ0n) is 14.2. The van der Waals surface area contributed by atoms with Crippen molar-refractivity contribution in [2.24, 2.45) is 0 Å². The largest absolute Gasteiger partial charge is 0.444 e. The quantitative estimate of drug-likeness (QED) is 0.888. The Bertz CT molecular complexity index is 686. The topological polar surface area (TPSA) is 76.4 Å². The van der Waals surface area contributed by atoms with Crippen LogP contribution in [-0.4, -0.2) is 26.4 Å². The van der Waals surface area contributed by atoms with Gasteiger partial charge in [-0.3, -0.25) is 0 Å². The smallest absolute Gasteiger partial charge is 0.407 e. The number of aromatic nitrogens is 2. The predicted octanol–water partition coefficient (Wildman–Crippen LogP) is 2.96. The maximum Gasteiger partial charge on any atom is 0.407 e. The summed E-state index contributed by atoms with van der Waals surface area (Å²) in [4.78, 5) is 16.2. The molecule has 1 amide bonds. The fourth-order valence-electron chi connectivity index (χ4n) is 2.42. The Morgan fingerprint density at radius 1 is 1.39 bits per heavy atom. The summed E-state index contributed by atoms with van der Waals surface area (Å²) < 4.78 is 7.24. The van der Waals surface area contributed by atoms with Gasteiger partial charge in [-0.05, 0) is 44.9 Å². The van der Waals surface area contributed by atoms with E-state index in [4.69, 9.17) is 4.74 Å². The molecule has 1 heterocycles. The molecule has 0 saturated carbocycles. The molecule has 6 nitrogen and oxygen atoms in total. The maximum absolute atomic E-state index is 11.7. The van der Waals surface area contributed by atoms with Crippen molar-refractivity contribution in [3.05, 3.63) is 29.6 Å². The summed E-state index contributed by atoms with van der Waals surface area (Å²) in [6.07, 6.45) is 0.533. The number of ether oxygens (including phenoxy) is 1. The minimum absolute atomic E-state index is 0.0832. The van der Waals surface area contributed by atoms with Crippen LogP contribution in [0.4, 0.5) is 4.79 Å². The molecule has 0 fully saturated rings. The van der Waals surface area contributed by atoms with Crippen LogP contribution in [0.5, 0.6) is 0 Å². The number of carbonyl (C=O) groups excluding carboxylic acids is 1. The lowest BCUT2D eigenvalue weighted by molar-refractivity contribution is 0.0523. The number of aliphatic hydroxyl groups is 1. The molecular weight excluding hydrogens is 294 g/mol. The van der Waals surface area contributed by atoms with Gasteiger partial charge in [0.1, 0.15) is 18.0 Å². The molecule has 6 heteroatoms. The Morgan fingerprint density at radius 2 is 2.13 bits per heavy atom. The lowest BCUT2D eigenvalue weighted by atomic mass is 10.2. The maximum atomic E-state index is 11.7. The number of aryl methyl sites for hydroxylation is 1. The van der Waals surface area contributed by atoms with Gasteiger partial charge in [-0.2, -0.15) is 0 Å². The number of alkyl carbamates (subject to hydrolysis) is 1. The number of hydrogen-bond acceptors (Lipinski definition) is 4. The molecule has 0 saturated heterocycles. The van der Waals surface area contributed by atoms with Crippen LogP contribution in [0, 0.1) is 0 Å². The number of nitrogens with one attached hydrogen (secondary N) is 1. The van der Waals surface area contributed by atoms with Crippen molar-refractivity contribution in [2.75, 3.05) is 0 Å². The summed E-state index contributed by atoms with van der Waals surface area (Å²) in [5, 5.41) is 12.2. The molecule has 126 valence electrons. The van der Waals surface area contributed by atoms with Crippen LogP contribution in [0.3, 0.4) is 0 Å². The summed E-state index contributed by atoms with van der Waals surface area (Å²) in [5.74, 6) is 0.666. The average molecular weight is 319 g/mol. The van der Waals surface area contributed by atoms with Crippen LogP contribution in [0.15, 0.2) is 18.2 Å². The second-order valence-corrected chi connectivity index (χ2v) is 6.52. The zero-order chi connectivity index (χ0) is 17.0. The Balaban J connectivity index is 2.13. The summed E-state index contributed by atoms with van der Waals surface area (Å²) >= 11 is 0. The van der Waals surface area contributed by atoms with Crippen molar-refractivity contribution < 1.29 is 14.6 Å². The number of carbonyl (C=O) groups is 1. The summed E-state index contributed by atoms with van der Waals surface area (Å²) in [7, 11) is 0. The zero-order valence-corrected chi connectivity index (χ0v) is 14.2. The molecular formula is C17H25N3O3. The van der Waals surface area contributed by atoms with E-state index in [1.807, 2.05) is 43.5 Å². The van der Waals surface area contributed by atoms with Gasteiger partial charge in [-0.25, -0.2) is 9.78 Å². The average Bonchev–Trinajstić information content (AvgIpc) is 2.81. The number of nitrogens with zero attached hydrogens (tertiary/aromatic N) is 2. The van der Waals surface area contributed by atoms with E-state index in [0.717, 1.165) is 29.6 Å². The number of rotatable bonds is 5. The third-order valence-electron chi connectivity index (χ3n) is 3.32. The van der Waals surface area contributed by atoms with Crippen molar-refractivity contribution in [1.29, 1.82) is 0 Å². The number of fused-ring (bicyclic) bond motifs is 1. The first-order chi connectivity index (χ1) is 10.8. The monoisotopic (exact) mass is 319 g/mol. The van der Waals surface area contributed by atoms with Crippen molar-refractivity contribution in [1.82, 2.24) is 14.9 Å². The highest BCUT2D eigenvalue weighted by Crippen LogP contribution is 2.19. The van der Waals surface area contributed by atoms with E-state index in [2.05, 4.69) is 17.2 Å². The molecule has 0 radical (unpaired) electrons. The van der Waals surface area contributed by atoms with E-state index >= 15 is 0 Å². The Morgan fingerprint density at radius 3 is 2.74 bits per heavy atom. The van der Waals surface area contributed by atoms with Gasteiger partial charge in [0.15, 0.2) is 0 Å². The third kappa shape index (κ3) is 4.45. The molecule has 2 aromatic rings. The highest BCUT2D eigenvalue weighted by molar-refractivity contribution is 5.77. The predicted molar refractivity (Wildman–Crippen MR) is 89.0 cm³/mol. The first-order valence-electron chi connectivity index (χ1n) is 7.90. The third-order valence-corrected chi connectivity index (χ3v) is 3.32. The molecule has 0 aliphatic rings. The first kappa shape index (κ1) is 17.3. The summed E-state index contributed by atoms with van der Waals surface area (Å²) in [6, 6.07) is 5.86. The van der Waals surface area contributed by atoms with Crippen LogP contribution in [0.1, 0.15) is 45.5 Å². The SMILES string of the molecule is CCCn1c(CO)nc2cc(CNC(=O)OC(C)(C)C)ccc21. The van der Waals surface area contributed by atoms with Crippen LogP contribution in [0.25, 0.3) is 11.0 Å². The second kappa shape index (κ2) is 7.00. The van der Waals surface area contributed by atoms with Gasteiger partial charge in [0, 0.05) is 13.1 Å². The van der Waals surface area contributed by atoms with Gasteiger partial charge in [0.05, 0.1) is 11.0 Å². The van der Waals surface area contributed by atoms with E-state index < -0.39 is 11.7 Å². The Kier molecular flexibility index (Phi) is 5.26. The molecule has 23 heavy (non-hydrogen) atoms. The second-order valence-electron chi connectivity index (χ2n) is 6.52. The normalized spacial score (nSPS) is 11.7. The molecule has 0 bridgehead atoms. The van der Waals surface area contributed by atoms with Crippen LogP contribution in [-0.2, 0) is 24.4 Å². The van der Waals surface area contributed by atoms with Crippen molar-refractivity contribution in [2.45, 2.75) is 59.4 Å². The number of imidazole rings is 1. The van der Waals surface area contributed by atoms with Gasteiger partial charge in [-0.15, -0.1) is 0 Å². The van der Waals surface area contributed by atoms with Gasteiger partial charge >= 0.3 is 6.09 Å². The van der Waals surface area contributed by atoms with E-state index in [1.165, 1.54) is 0 Å². The standard InChI is InChI=1S/C17H25N3O3/c1-5-8-20-14-7-6-12(9-13(14)19-15(20)11-21)10-18-16(22)23-17(2,3)4/h6-7,9,21H,5,8,10-11H2,1-4H3,(H,18,22). The lowest BCUT2D eigenvalue weighted by Crippen LogP contribution is -2.32. The molecule has 2 N–H and O–H groups in total. The summed E-state index contributed by atoms with van der Waals surface area (Å²) in [6.45, 7) is 8.69. The molecule has 1 aromatic carbocycles. The molecule has 0 aliphatic heterocycles. The minimum Gasteiger partial charge on any atom is -0.444 e. The molecule has 0 unspecified atom stereocenters. The van der Waals surface area contributed by atoms with Crippen LogP contribution < -0.4 is 5.32 Å². The molecule has 0 atom stereocenters.